The molecule has 1 nitrogen and oxygen atoms in total. The van der Waals surface area contributed by atoms with Gasteiger partial charge in [0.1, 0.15) is 13.1 Å². The first-order valence-electron chi connectivity index (χ1n) is 4.62. The summed E-state index contributed by atoms with van der Waals surface area (Å²) in [7, 11) is 0. The zero-order valence-electron chi connectivity index (χ0n) is 8.64. The summed E-state index contributed by atoms with van der Waals surface area (Å²) in [6.07, 6.45) is 6.96. The Bertz CT molecular complexity index is 243. The molecule has 0 atom stereocenters. The molecule has 0 saturated carbocycles. The van der Waals surface area contributed by atoms with E-state index in [-0.39, 0.29) is 0 Å². The van der Waals surface area contributed by atoms with Crippen LogP contribution in [-0.2, 0) is 0 Å². The molecule has 13 heavy (non-hydrogen) atoms. The molecule has 0 spiro atoms. The van der Waals surface area contributed by atoms with E-state index in [0.717, 1.165) is 30.7 Å². The lowest BCUT2D eigenvalue weighted by atomic mass is 10.3. The number of quaternary nitrogens is 1. The molecule has 0 aromatic carbocycles. The molecule has 1 heteroatoms. The standard InChI is InChI=1S/C12H18N/c1-5-9-10-12-13(7-3,8-4)11-6-2/h2,5H,1,7-8,11-12H2,3-4H3/q+1. The van der Waals surface area contributed by atoms with Crippen molar-refractivity contribution in [3.63, 3.8) is 0 Å². The average molecular weight is 176 g/mol. The summed E-state index contributed by atoms with van der Waals surface area (Å²) in [5.74, 6) is 8.65. The first-order valence-corrected chi connectivity index (χ1v) is 4.62. The van der Waals surface area contributed by atoms with E-state index in [1.165, 1.54) is 0 Å². The van der Waals surface area contributed by atoms with Crippen molar-refractivity contribution < 1.29 is 4.48 Å². The van der Waals surface area contributed by atoms with Gasteiger partial charge in [-0.25, -0.2) is 0 Å². The van der Waals surface area contributed by atoms with Gasteiger partial charge in [0.05, 0.1) is 13.1 Å². The van der Waals surface area contributed by atoms with E-state index in [1.54, 1.807) is 6.08 Å². The van der Waals surface area contributed by atoms with Crippen molar-refractivity contribution in [2.24, 2.45) is 0 Å². The molecule has 0 radical (unpaired) electrons. The maximum Gasteiger partial charge on any atom is 0.142 e. The van der Waals surface area contributed by atoms with Gasteiger partial charge >= 0.3 is 0 Å². The summed E-state index contributed by atoms with van der Waals surface area (Å²) in [4.78, 5) is 0. The minimum atomic E-state index is 0.763. The second-order valence-corrected chi connectivity index (χ2v) is 3.02. The van der Waals surface area contributed by atoms with Crippen molar-refractivity contribution >= 4 is 0 Å². The molecule has 0 aromatic rings. The molecule has 0 aliphatic heterocycles. The van der Waals surface area contributed by atoms with Gasteiger partial charge in [-0.1, -0.05) is 12.5 Å². The van der Waals surface area contributed by atoms with Gasteiger partial charge in [-0.2, -0.15) is 0 Å². The van der Waals surface area contributed by atoms with Crippen LogP contribution in [0, 0.1) is 24.2 Å². The number of hydrogen-bond donors (Lipinski definition) is 0. The van der Waals surface area contributed by atoms with Gasteiger partial charge in [-0.3, -0.25) is 0 Å². The Morgan fingerprint density at radius 3 is 2.31 bits per heavy atom. The van der Waals surface area contributed by atoms with Crippen molar-refractivity contribution in [2.75, 3.05) is 26.2 Å². The zero-order chi connectivity index (χ0) is 10.2. The molecule has 0 rings (SSSR count). The summed E-state index contributed by atoms with van der Waals surface area (Å²) in [5.41, 5.74) is 0. The van der Waals surface area contributed by atoms with Gasteiger partial charge in [0, 0.05) is 0 Å². The molecule has 0 aromatic heterocycles. The highest BCUT2D eigenvalue weighted by Gasteiger charge is 2.19. The third kappa shape index (κ3) is 3.83. The van der Waals surface area contributed by atoms with Crippen LogP contribution in [0.5, 0.6) is 0 Å². The van der Waals surface area contributed by atoms with E-state index in [9.17, 15) is 0 Å². The smallest absolute Gasteiger partial charge is 0.142 e. The Labute approximate surface area is 82.0 Å². The Hall–Kier alpha value is -1.18. The molecule has 0 amide bonds. The molecule has 70 valence electrons. The monoisotopic (exact) mass is 176 g/mol. The van der Waals surface area contributed by atoms with Gasteiger partial charge in [0.2, 0.25) is 0 Å². The number of nitrogens with zero attached hydrogens (tertiary/aromatic N) is 1. The SMILES string of the molecule is C#CC[N+](CC)(CC)CC#CC=C. The van der Waals surface area contributed by atoms with E-state index in [2.05, 4.69) is 38.2 Å². The van der Waals surface area contributed by atoms with Gasteiger partial charge < -0.3 is 4.48 Å². The molecule has 0 unspecified atom stereocenters. The van der Waals surface area contributed by atoms with Crippen molar-refractivity contribution in [3.8, 4) is 24.2 Å². The molecule has 0 heterocycles. The van der Waals surface area contributed by atoms with Gasteiger partial charge in [-0.15, -0.1) is 6.42 Å². The number of rotatable bonds is 4. The molecule has 0 bridgehead atoms. The fourth-order valence-electron chi connectivity index (χ4n) is 1.21. The lowest BCUT2D eigenvalue weighted by Crippen LogP contribution is -2.48. The van der Waals surface area contributed by atoms with Crippen LogP contribution in [0.15, 0.2) is 12.7 Å². The summed E-state index contributed by atoms with van der Waals surface area (Å²) in [5, 5.41) is 0. The predicted molar refractivity (Wildman–Crippen MR) is 57.9 cm³/mol. The number of allylic oxidation sites excluding steroid dienone is 1. The summed E-state index contributed by atoms with van der Waals surface area (Å²) >= 11 is 0. The maximum absolute atomic E-state index is 5.34. The Kier molecular flexibility index (Phi) is 5.77. The number of terminal acetylenes is 1. The van der Waals surface area contributed by atoms with Crippen LogP contribution in [0.25, 0.3) is 0 Å². The minimum Gasteiger partial charge on any atom is -0.304 e. The highest BCUT2D eigenvalue weighted by atomic mass is 15.3. The van der Waals surface area contributed by atoms with Crippen LogP contribution in [-0.4, -0.2) is 30.7 Å². The Morgan fingerprint density at radius 1 is 1.31 bits per heavy atom. The van der Waals surface area contributed by atoms with Crippen LogP contribution in [0.1, 0.15) is 13.8 Å². The summed E-state index contributed by atoms with van der Waals surface area (Å²) in [6.45, 7) is 11.5. The minimum absolute atomic E-state index is 0.763. The van der Waals surface area contributed by atoms with E-state index in [4.69, 9.17) is 6.42 Å². The predicted octanol–water partition coefficient (Wildman–Crippen LogP) is 1.67. The van der Waals surface area contributed by atoms with Crippen molar-refractivity contribution in [2.45, 2.75) is 13.8 Å². The van der Waals surface area contributed by atoms with Gasteiger partial charge in [0.25, 0.3) is 0 Å². The highest BCUT2D eigenvalue weighted by molar-refractivity contribution is 5.12. The highest BCUT2D eigenvalue weighted by Crippen LogP contribution is 2.03. The van der Waals surface area contributed by atoms with Crippen LogP contribution in [0.4, 0.5) is 0 Å². The molecule has 0 aliphatic carbocycles. The quantitative estimate of drug-likeness (QED) is 0.451. The van der Waals surface area contributed by atoms with E-state index < -0.39 is 0 Å². The molecule has 0 saturated heterocycles. The topological polar surface area (TPSA) is 0 Å². The average Bonchev–Trinajstić information content (AvgIpc) is 2.17. The van der Waals surface area contributed by atoms with Gasteiger partial charge in [-0.05, 0) is 31.8 Å². The molecule has 0 aliphatic rings. The maximum atomic E-state index is 5.34. The van der Waals surface area contributed by atoms with Crippen molar-refractivity contribution in [1.29, 1.82) is 0 Å². The van der Waals surface area contributed by atoms with Crippen LogP contribution in [0.3, 0.4) is 0 Å². The second kappa shape index (κ2) is 6.35. The number of hydrogen-bond acceptors (Lipinski definition) is 0. The Morgan fingerprint density at radius 2 is 1.92 bits per heavy atom. The van der Waals surface area contributed by atoms with E-state index >= 15 is 0 Å². The van der Waals surface area contributed by atoms with Crippen LogP contribution in [0.2, 0.25) is 0 Å². The fourth-order valence-corrected chi connectivity index (χ4v) is 1.21. The van der Waals surface area contributed by atoms with Crippen molar-refractivity contribution in [1.82, 2.24) is 0 Å². The van der Waals surface area contributed by atoms with Gasteiger partial charge in [0.15, 0.2) is 0 Å². The Balaban J connectivity index is 4.39. The van der Waals surface area contributed by atoms with Crippen molar-refractivity contribution in [3.05, 3.63) is 12.7 Å². The molecule has 0 fully saturated rings. The lowest BCUT2D eigenvalue weighted by Gasteiger charge is -2.32. The largest absolute Gasteiger partial charge is 0.304 e. The first kappa shape index (κ1) is 11.8. The zero-order valence-corrected chi connectivity index (χ0v) is 8.64. The molecular weight excluding hydrogens is 158 g/mol. The van der Waals surface area contributed by atoms with Crippen LogP contribution < -0.4 is 0 Å². The third-order valence-corrected chi connectivity index (χ3v) is 2.39. The summed E-state index contributed by atoms with van der Waals surface area (Å²) in [6, 6.07) is 0. The third-order valence-electron chi connectivity index (χ3n) is 2.39. The molecular formula is C12H18N+. The van der Waals surface area contributed by atoms with E-state index in [0.29, 0.717) is 0 Å². The lowest BCUT2D eigenvalue weighted by molar-refractivity contribution is -0.911. The fraction of sp³-hybridized carbons (Fsp3) is 0.500. The second-order valence-electron chi connectivity index (χ2n) is 3.02. The first-order chi connectivity index (χ1) is 6.24. The van der Waals surface area contributed by atoms with E-state index in [1.807, 2.05) is 0 Å². The molecule has 0 N–H and O–H groups in total. The summed E-state index contributed by atoms with van der Waals surface area (Å²) < 4.78 is 0.886. The van der Waals surface area contributed by atoms with Crippen LogP contribution >= 0.6 is 0 Å². The normalized spacial score (nSPS) is 9.62.